The van der Waals surface area contributed by atoms with Crippen molar-refractivity contribution < 1.29 is 0 Å². The first-order chi connectivity index (χ1) is 13.3. The van der Waals surface area contributed by atoms with Gasteiger partial charge in [-0.3, -0.25) is 0 Å². The van der Waals surface area contributed by atoms with Crippen LogP contribution in [0.25, 0.3) is 0 Å². The lowest BCUT2D eigenvalue weighted by molar-refractivity contribution is 0.444. The molecule has 1 heteroatoms. The summed E-state index contributed by atoms with van der Waals surface area (Å²) in [5.74, 6) is 0.672. The van der Waals surface area contributed by atoms with Gasteiger partial charge in [-0.1, -0.05) is 73.9 Å². The van der Waals surface area contributed by atoms with Gasteiger partial charge in [0.15, 0.2) is 0 Å². The standard InChI is InChI=1S/C26H29N/c1-20-12-6-9-17-24(20)27(25-18-10-7-13-21(25)2)26-19-11-8-16-23(26)22-14-4-3-5-15-22/h6-13,16-19,22H,3-5,14-15H2,1-2H3. The summed E-state index contributed by atoms with van der Waals surface area (Å²) in [5, 5.41) is 0. The fraction of sp³-hybridized carbons (Fsp3) is 0.308. The Morgan fingerprint density at radius 3 is 1.63 bits per heavy atom. The molecular formula is C26H29N. The minimum atomic E-state index is 0.672. The molecule has 27 heavy (non-hydrogen) atoms. The highest BCUT2D eigenvalue weighted by molar-refractivity contribution is 5.81. The first-order valence-corrected chi connectivity index (χ1v) is 10.3. The molecular weight excluding hydrogens is 326 g/mol. The van der Waals surface area contributed by atoms with E-state index in [9.17, 15) is 0 Å². The molecule has 0 heterocycles. The second kappa shape index (κ2) is 8.00. The highest BCUT2D eigenvalue weighted by atomic mass is 15.1. The van der Waals surface area contributed by atoms with Crippen molar-refractivity contribution in [3.05, 3.63) is 89.5 Å². The van der Waals surface area contributed by atoms with Crippen molar-refractivity contribution in [1.82, 2.24) is 0 Å². The fourth-order valence-electron chi connectivity index (χ4n) is 4.47. The largest absolute Gasteiger partial charge is 0.310 e. The molecule has 0 saturated heterocycles. The van der Waals surface area contributed by atoms with Crippen LogP contribution in [0, 0.1) is 13.8 Å². The van der Waals surface area contributed by atoms with Crippen molar-refractivity contribution in [2.45, 2.75) is 51.9 Å². The van der Waals surface area contributed by atoms with Crippen LogP contribution in [0.2, 0.25) is 0 Å². The smallest absolute Gasteiger partial charge is 0.0496 e. The maximum atomic E-state index is 2.48. The Balaban J connectivity index is 1.90. The van der Waals surface area contributed by atoms with Crippen molar-refractivity contribution in [2.75, 3.05) is 4.90 Å². The molecule has 0 amide bonds. The van der Waals surface area contributed by atoms with E-state index in [4.69, 9.17) is 0 Å². The van der Waals surface area contributed by atoms with Crippen molar-refractivity contribution in [3.63, 3.8) is 0 Å². The Labute approximate surface area is 163 Å². The summed E-state index contributed by atoms with van der Waals surface area (Å²) < 4.78 is 0. The third-order valence-corrected chi connectivity index (χ3v) is 5.94. The summed E-state index contributed by atoms with van der Waals surface area (Å²) in [6.45, 7) is 4.42. The van der Waals surface area contributed by atoms with Gasteiger partial charge in [-0.05, 0) is 67.5 Å². The summed E-state index contributed by atoms with van der Waals surface area (Å²) >= 11 is 0. The lowest BCUT2D eigenvalue weighted by Crippen LogP contribution is -2.16. The molecule has 0 spiro atoms. The first kappa shape index (κ1) is 17.9. The maximum absolute atomic E-state index is 2.48. The van der Waals surface area contributed by atoms with Gasteiger partial charge in [0.05, 0.1) is 0 Å². The van der Waals surface area contributed by atoms with Gasteiger partial charge >= 0.3 is 0 Å². The Morgan fingerprint density at radius 2 is 1.07 bits per heavy atom. The van der Waals surface area contributed by atoms with E-state index in [1.54, 1.807) is 0 Å². The summed E-state index contributed by atoms with van der Waals surface area (Å²) in [7, 11) is 0. The average molecular weight is 356 g/mol. The van der Waals surface area contributed by atoms with Crippen molar-refractivity contribution in [1.29, 1.82) is 0 Å². The minimum Gasteiger partial charge on any atom is -0.310 e. The number of aryl methyl sites for hydroxylation is 2. The van der Waals surface area contributed by atoms with Crippen LogP contribution in [0.3, 0.4) is 0 Å². The van der Waals surface area contributed by atoms with E-state index < -0.39 is 0 Å². The van der Waals surface area contributed by atoms with Crippen molar-refractivity contribution in [3.8, 4) is 0 Å². The number of anilines is 3. The van der Waals surface area contributed by atoms with E-state index >= 15 is 0 Å². The fourth-order valence-corrected chi connectivity index (χ4v) is 4.47. The molecule has 138 valence electrons. The number of hydrogen-bond donors (Lipinski definition) is 0. The van der Waals surface area contributed by atoms with Crippen LogP contribution >= 0.6 is 0 Å². The lowest BCUT2D eigenvalue weighted by Gasteiger charge is -2.33. The van der Waals surface area contributed by atoms with E-state index in [0.29, 0.717) is 5.92 Å². The second-order valence-corrected chi connectivity index (χ2v) is 7.80. The van der Waals surface area contributed by atoms with Crippen LogP contribution < -0.4 is 4.90 Å². The lowest BCUT2D eigenvalue weighted by atomic mass is 9.83. The van der Waals surface area contributed by atoms with Crippen LogP contribution in [-0.2, 0) is 0 Å². The number of rotatable bonds is 4. The zero-order valence-corrected chi connectivity index (χ0v) is 16.5. The van der Waals surface area contributed by atoms with E-state index in [0.717, 1.165) is 0 Å². The molecule has 0 unspecified atom stereocenters. The molecule has 1 saturated carbocycles. The molecule has 0 N–H and O–H groups in total. The van der Waals surface area contributed by atoms with Gasteiger partial charge in [0.2, 0.25) is 0 Å². The highest BCUT2D eigenvalue weighted by Gasteiger charge is 2.23. The van der Waals surface area contributed by atoms with Gasteiger partial charge in [0, 0.05) is 17.1 Å². The summed E-state index contributed by atoms with van der Waals surface area (Å²) in [6, 6.07) is 26.5. The summed E-state index contributed by atoms with van der Waals surface area (Å²) in [6.07, 6.45) is 6.72. The number of para-hydroxylation sites is 3. The SMILES string of the molecule is Cc1ccccc1N(c1ccccc1C)c1ccccc1C1CCCCC1. The molecule has 4 rings (SSSR count). The third kappa shape index (κ3) is 3.64. The van der Waals surface area contributed by atoms with Gasteiger partial charge in [0.25, 0.3) is 0 Å². The minimum absolute atomic E-state index is 0.672. The molecule has 0 radical (unpaired) electrons. The molecule has 1 aliphatic carbocycles. The summed E-state index contributed by atoms with van der Waals surface area (Å²) in [4.78, 5) is 2.48. The molecule has 1 nitrogen and oxygen atoms in total. The average Bonchev–Trinajstić information content (AvgIpc) is 2.72. The van der Waals surface area contributed by atoms with E-state index in [2.05, 4.69) is 91.5 Å². The zero-order chi connectivity index (χ0) is 18.6. The van der Waals surface area contributed by atoms with Gasteiger partial charge < -0.3 is 4.90 Å². The molecule has 1 fully saturated rings. The quantitative estimate of drug-likeness (QED) is 0.461. The van der Waals surface area contributed by atoms with E-state index in [1.165, 1.54) is 65.9 Å². The maximum Gasteiger partial charge on any atom is 0.0496 e. The molecule has 0 aliphatic heterocycles. The molecule has 3 aromatic carbocycles. The molecule has 1 aliphatic rings. The van der Waals surface area contributed by atoms with Gasteiger partial charge in [-0.15, -0.1) is 0 Å². The van der Waals surface area contributed by atoms with Gasteiger partial charge in [-0.25, -0.2) is 0 Å². The van der Waals surface area contributed by atoms with Crippen LogP contribution in [0.4, 0.5) is 17.1 Å². The molecule has 0 atom stereocenters. The number of nitrogens with zero attached hydrogens (tertiary/aromatic N) is 1. The number of hydrogen-bond acceptors (Lipinski definition) is 1. The van der Waals surface area contributed by atoms with Gasteiger partial charge in [0.1, 0.15) is 0 Å². The van der Waals surface area contributed by atoms with Gasteiger partial charge in [-0.2, -0.15) is 0 Å². The molecule has 0 aromatic heterocycles. The Kier molecular flexibility index (Phi) is 5.29. The topological polar surface area (TPSA) is 3.24 Å². The molecule has 0 bridgehead atoms. The van der Waals surface area contributed by atoms with E-state index in [-0.39, 0.29) is 0 Å². The third-order valence-electron chi connectivity index (χ3n) is 5.94. The Bertz CT molecular complexity index is 860. The van der Waals surface area contributed by atoms with Crippen LogP contribution in [-0.4, -0.2) is 0 Å². The zero-order valence-electron chi connectivity index (χ0n) is 16.5. The second-order valence-electron chi connectivity index (χ2n) is 7.80. The van der Waals surface area contributed by atoms with Crippen molar-refractivity contribution in [2.24, 2.45) is 0 Å². The van der Waals surface area contributed by atoms with E-state index in [1.807, 2.05) is 0 Å². The normalized spacial score (nSPS) is 14.9. The molecule has 3 aromatic rings. The Hall–Kier alpha value is -2.54. The Morgan fingerprint density at radius 1 is 0.593 bits per heavy atom. The predicted molar refractivity (Wildman–Crippen MR) is 116 cm³/mol. The van der Waals surface area contributed by atoms with Crippen LogP contribution in [0.1, 0.15) is 54.7 Å². The summed E-state index contributed by atoms with van der Waals surface area (Å²) in [5.41, 5.74) is 8.00. The first-order valence-electron chi connectivity index (χ1n) is 10.3. The van der Waals surface area contributed by atoms with Crippen LogP contribution in [0.15, 0.2) is 72.8 Å². The highest BCUT2D eigenvalue weighted by Crippen LogP contribution is 2.44. The van der Waals surface area contributed by atoms with Crippen LogP contribution in [0.5, 0.6) is 0 Å². The predicted octanol–water partition coefficient (Wildman–Crippen LogP) is 7.82. The monoisotopic (exact) mass is 355 g/mol. The number of benzene rings is 3. The van der Waals surface area contributed by atoms with Crippen molar-refractivity contribution >= 4 is 17.1 Å².